The third-order valence-electron chi connectivity index (χ3n) is 4.77. The van der Waals surface area contributed by atoms with E-state index in [9.17, 15) is 9.90 Å². The Hall–Kier alpha value is -1.59. The molecule has 0 aliphatic carbocycles. The van der Waals surface area contributed by atoms with E-state index in [4.69, 9.17) is 4.74 Å². The predicted octanol–water partition coefficient (Wildman–Crippen LogP) is 3.25. The van der Waals surface area contributed by atoms with Gasteiger partial charge in [0.15, 0.2) is 0 Å². The molecule has 2 amide bonds. The lowest BCUT2D eigenvalue weighted by Crippen LogP contribution is -2.41. The van der Waals surface area contributed by atoms with Gasteiger partial charge in [-0.25, -0.2) is 4.79 Å². The van der Waals surface area contributed by atoms with Crippen LogP contribution < -0.4 is 10.6 Å². The first-order chi connectivity index (χ1) is 12.0. The summed E-state index contributed by atoms with van der Waals surface area (Å²) < 4.78 is 5.44. The van der Waals surface area contributed by atoms with Crippen LogP contribution in [0.5, 0.6) is 0 Å². The van der Waals surface area contributed by atoms with Crippen LogP contribution >= 0.6 is 0 Å². The van der Waals surface area contributed by atoms with Crippen molar-refractivity contribution in [3.8, 4) is 0 Å². The molecule has 5 nitrogen and oxygen atoms in total. The Morgan fingerprint density at radius 1 is 1.24 bits per heavy atom. The third kappa shape index (κ3) is 7.45. The Kier molecular flexibility index (Phi) is 8.22. The smallest absolute Gasteiger partial charge is 0.315 e. The number of hydrogen-bond acceptors (Lipinski definition) is 3. The second-order valence-electron chi connectivity index (χ2n) is 7.30. The summed E-state index contributed by atoms with van der Waals surface area (Å²) in [4.78, 5) is 12.3. The predicted molar refractivity (Wildman–Crippen MR) is 99.3 cm³/mol. The zero-order valence-corrected chi connectivity index (χ0v) is 15.4. The molecule has 0 saturated carbocycles. The summed E-state index contributed by atoms with van der Waals surface area (Å²) in [6.45, 7) is 6.00. The van der Waals surface area contributed by atoms with E-state index in [0.29, 0.717) is 18.9 Å². The van der Waals surface area contributed by atoms with E-state index in [-0.39, 0.29) is 24.1 Å². The molecule has 1 aliphatic rings. The summed E-state index contributed by atoms with van der Waals surface area (Å²) >= 11 is 0. The van der Waals surface area contributed by atoms with Crippen LogP contribution in [0.4, 0.5) is 4.79 Å². The van der Waals surface area contributed by atoms with Gasteiger partial charge >= 0.3 is 6.03 Å². The van der Waals surface area contributed by atoms with Gasteiger partial charge in [0, 0.05) is 19.8 Å². The summed E-state index contributed by atoms with van der Waals surface area (Å²) in [6.07, 6.45) is 3.38. The lowest BCUT2D eigenvalue weighted by molar-refractivity contribution is 0.0608. The maximum atomic E-state index is 12.3. The van der Waals surface area contributed by atoms with Gasteiger partial charge in [0.25, 0.3) is 0 Å². The van der Waals surface area contributed by atoms with E-state index in [2.05, 4.69) is 22.8 Å². The molecule has 3 N–H and O–H groups in total. The van der Waals surface area contributed by atoms with E-state index in [0.717, 1.165) is 38.0 Å². The molecule has 1 heterocycles. The first kappa shape index (κ1) is 19.7. The Labute approximate surface area is 151 Å². The number of urea groups is 1. The Bertz CT molecular complexity index is 501. The van der Waals surface area contributed by atoms with Crippen LogP contribution in [0, 0.1) is 11.8 Å². The van der Waals surface area contributed by atoms with Crippen molar-refractivity contribution < 1.29 is 14.6 Å². The highest BCUT2D eigenvalue weighted by Gasteiger charge is 2.22. The molecule has 3 unspecified atom stereocenters. The molecule has 3 atom stereocenters. The molecular weight excluding hydrogens is 316 g/mol. The monoisotopic (exact) mass is 348 g/mol. The van der Waals surface area contributed by atoms with Crippen molar-refractivity contribution in [3.63, 3.8) is 0 Å². The number of benzene rings is 1. The summed E-state index contributed by atoms with van der Waals surface area (Å²) in [5.74, 6) is 0.824. The summed E-state index contributed by atoms with van der Waals surface area (Å²) in [6, 6.07) is 10.0. The van der Waals surface area contributed by atoms with Gasteiger partial charge in [-0.1, -0.05) is 37.3 Å². The topological polar surface area (TPSA) is 70.6 Å². The van der Waals surface area contributed by atoms with Gasteiger partial charge in [-0.15, -0.1) is 0 Å². The molecule has 25 heavy (non-hydrogen) atoms. The summed E-state index contributed by atoms with van der Waals surface area (Å²) in [7, 11) is 0. The van der Waals surface area contributed by atoms with Crippen LogP contribution in [0.25, 0.3) is 0 Å². The van der Waals surface area contributed by atoms with E-state index < -0.39 is 0 Å². The zero-order valence-electron chi connectivity index (χ0n) is 15.4. The molecule has 1 aromatic carbocycles. The highest BCUT2D eigenvalue weighted by atomic mass is 16.5. The number of carbonyl (C=O) groups is 1. The first-order valence-corrected chi connectivity index (χ1v) is 9.39. The number of aliphatic hydroxyl groups is 1. The number of amides is 2. The molecular formula is C20H32N2O3. The van der Waals surface area contributed by atoms with Gasteiger partial charge in [0.2, 0.25) is 0 Å². The van der Waals surface area contributed by atoms with Gasteiger partial charge in [0.1, 0.15) is 0 Å². The molecule has 1 aromatic rings. The Morgan fingerprint density at radius 2 is 1.92 bits per heavy atom. The molecule has 0 aromatic heterocycles. The van der Waals surface area contributed by atoms with Gasteiger partial charge in [-0.2, -0.15) is 0 Å². The van der Waals surface area contributed by atoms with Gasteiger partial charge < -0.3 is 20.5 Å². The van der Waals surface area contributed by atoms with Crippen molar-refractivity contribution in [1.29, 1.82) is 0 Å². The van der Waals surface area contributed by atoms with Crippen LogP contribution in [0.15, 0.2) is 30.3 Å². The maximum Gasteiger partial charge on any atom is 0.315 e. The average molecular weight is 348 g/mol. The fourth-order valence-electron chi connectivity index (χ4n) is 3.42. The Morgan fingerprint density at radius 3 is 2.56 bits per heavy atom. The third-order valence-corrected chi connectivity index (χ3v) is 4.77. The number of ether oxygens (including phenoxy) is 1. The minimum Gasteiger partial charge on any atom is -0.393 e. The highest BCUT2D eigenvalue weighted by molar-refractivity contribution is 5.74. The fourth-order valence-corrected chi connectivity index (χ4v) is 3.42. The van der Waals surface area contributed by atoms with Crippen molar-refractivity contribution in [2.45, 2.75) is 51.7 Å². The molecule has 2 rings (SSSR count). The fraction of sp³-hybridized carbons (Fsp3) is 0.650. The quantitative estimate of drug-likeness (QED) is 0.675. The van der Waals surface area contributed by atoms with Crippen molar-refractivity contribution >= 4 is 6.03 Å². The van der Waals surface area contributed by atoms with E-state index in [1.54, 1.807) is 6.92 Å². The highest BCUT2D eigenvalue weighted by Crippen LogP contribution is 2.27. The number of carbonyl (C=O) groups excluding carboxylic acids is 1. The molecule has 140 valence electrons. The van der Waals surface area contributed by atoms with Crippen molar-refractivity contribution in [2.75, 3.05) is 19.8 Å². The molecule has 0 spiro atoms. The molecule has 5 heteroatoms. The van der Waals surface area contributed by atoms with Crippen LogP contribution in [0.2, 0.25) is 0 Å². The summed E-state index contributed by atoms with van der Waals surface area (Å²) in [5.41, 5.74) is 1.14. The maximum absolute atomic E-state index is 12.3. The molecule has 0 radical (unpaired) electrons. The van der Waals surface area contributed by atoms with Gasteiger partial charge in [-0.3, -0.25) is 0 Å². The van der Waals surface area contributed by atoms with Crippen molar-refractivity contribution in [2.24, 2.45) is 11.8 Å². The number of aliphatic hydroxyl groups excluding tert-OH is 1. The van der Waals surface area contributed by atoms with Gasteiger partial charge in [0.05, 0.1) is 12.1 Å². The van der Waals surface area contributed by atoms with Gasteiger partial charge in [-0.05, 0) is 50.0 Å². The van der Waals surface area contributed by atoms with Crippen LogP contribution in [-0.4, -0.2) is 37.0 Å². The number of nitrogens with one attached hydrogen (secondary N) is 2. The minimum atomic E-state index is -0.342. The van der Waals surface area contributed by atoms with Crippen molar-refractivity contribution in [3.05, 3.63) is 35.9 Å². The minimum absolute atomic E-state index is 0.0105. The van der Waals surface area contributed by atoms with Crippen LogP contribution in [0.3, 0.4) is 0 Å². The molecule has 1 saturated heterocycles. The number of rotatable bonds is 8. The van der Waals surface area contributed by atoms with Crippen LogP contribution in [0.1, 0.15) is 51.1 Å². The largest absolute Gasteiger partial charge is 0.393 e. The molecule has 0 bridgehead atoms. The second kappa shape index (κ2) is 10.4. The molecule has 1 aliphatic heterocycles. The lowest BCUT2D eigenvalue weighted by atomic mass is 9.89. The lowest BCUT2D eigenvalue weighted by Gasteiger charge is -2.28. The van der Waals surface area contributed by atoms with Crippen LogP contribution in [-0.2, 0) is 4.74 Å². The normalized spacial score (nSPS) is 19.0. The SMILES string of the molecule is CC(O)CC(C)CNC(=O)NC(CC1CCOCC1)c1ccccc1. The zero-order chi connectivity index (χ0) is 18.1. The average Bonchev–Trinajstić information content (AvgIpc) is 2.60. The van der Waals surface area contributed by atoms with Crippen molar-refractivity contribution in [1.82, 2.24) is 10.6 Å². The first-order valence-electron chi connectivity index (χ1n) is 9.39. The number of hydrogen-bond donors (Lipinski definition) is 3. The van der Waals surface area contributed by atoms with E-state index in [1.165, 1.54) is 0 Å². The van der Waals surface area contributed by atoms with E-state index >= 15 is 0 Å². The van der Waals surface area contributed by atoms with E-state index in [1.807, 2.05) is 25.1 Å². The standard InChI is InChI=1S/C20H32N2O3/c1-15(12-16(2)23)14-21-20(24)22-19(18-6-4-3-5-7-18)13-17-8-10-25-11-9-17/h3-7,15-17,19,23H,8-14H2,1-2H3,(H2,21,22,24). The Balaban J connectivity index is 1.89. The molecule has 1 fully saturated rings. The summed E-state index contributed by atoms with van der Waals surface area (Å²) in [5, 5.41) is 15.5. The second-order valence-corrected chi connectivity index (χ2v) is 7.30.